The Labute approximate surface area is 197 Å². The van der Waals surface area contributed by atoms with Crippen LogP contribution < -0.4 is 4.57 Å². The number of urea groups is 1. The van der Waals surface area contributed by atoms with E-state index in [9.17, 15) is 9.59 Å². The first kappa shape index (κ1) is 22.1. The number of imidazole rings is 1. The van der Waals surface area contributed by atoms with Crippen LogP contribution in [-0.4, -0.2) is 76.9 Å². The van der Waals surface area contributed by atoms with Gasteiger partial charge in [0, 0.05) is 31.7 Å². The number of carbonyl (C=O) groups is 2. The molecular formula is C23H28ClN6O3+. The Hall–Kier alpha value is -2.75. The van der Waals surface area contributed by atoms with E-state index in [1.54, 1.807) is 13.1 Å². The Morgan fingerprint density at radius 1 is 1.18 bits per heavy atom. The average molecular weight is 472 g/mol. The summed E-state index contributed by atoms with van der Waals surface area (Å²) < 4.78 is 9.45. The molecule has 3 aliphatic heterocycles. The molecule has 2 aromatic rings. The lowest BCUT2D eigenvalue weighted by Crippen LogP contribution is -2.62. The van der Waals surface area contributed by atoms with Crippen LogP contribution in [0.1, 0.15) is 23.7 Å². The van der Waals surface area contributed by atoms with Gasteiger partial charge in [-0.1, -0.05) is 34.8 Å². The Kier molecular flexibility index (Phi) is 5.94. The van der Waals surface area contributed by atoms with Gasteiger partial charge in [-0.25, -0.2) is 13.9 Å². The molecule has 0 aliphatic carbocycles. The van der Waals surface area contributed by atoms with Gasteiger partial charge in [-0.2, -0.15) is 0 Å². The van der Waals surface area contributed by atoms with Gasteiger partial charge in [0.25, 0.3) is 5.91 Å². The Balaban J connectivity index is 1.37. The molecule has 1 aromatic carbocycles. The van der Waals surface area contributed by atoms with Crippen LogP contribution in [0.3, 0.4) is 0 Å². The topological polar surface area (TPSA) is 74.3 Å². The Morgan fingerprint density at radius 2 is 1.94 bits per heavy atom. The number of likely N-dealkylation sites (N-methyl/N-ethyl adjacent to an activating group) is 1. The molecule has 0 radical (unpaired) electrons. The predicted molar refractivity (Wildman–Crippen MR) is 123 cm³/mol. The lowest BCUT2D eigenvalue weighted by Gasteiger charge is -2.33. The standard InChI is InChI=1S/C23H28ClN6O3/c1-16-14-29-19-20(25-22(29)28(16)9-5-8-27-10-12-33-13-11-27)26(2)23(32)30(21(19)31)15-17-6-3-4-7-18(17)24/h3-4,6-7,14,19H,5,8-13,15H2,1-2H3/q+1. The highest BCUT2D eigenvalue weighted by molar-refractivity contribution is 6.31. The number of rotatable bonds is 6. The lowest BCUT2D eigenvalue weighted by molar-refractivity contribution is -0.677. The summed E-state index contributed by atoms with van der Waals surface area (Å²) in [5.74, 6) is 0.894. The number of morpholine rings is 1. The molecule has 3 amide bonds. The summed E-state index contributed by atoms with van der Waals surface area (Å²) >= 11 is 6.29. The molecule has 0 N–H and O–H groups in total. The number of aryl methyl sites for hydroxylation is 1. The van der Waals surface area contributed by atoms with E-state index in [-0.39, 0.29) is 12.5 Å². The van der Waals surface area contributed by atoms with Crippen LogP contribution in [0.2, 0.25) is 5.02 Å². The fraction of sp³-hybridized carbons (Fsp3) is 0.478. The van der Waals surface area contributed by atoms with Gasteiger partial charge in [0.2, 0.25) is 11.9 Å². The minimum absolute atomic E-state index is 0.126. The molecule has 174 valence electrons. The highest BCUT2D eigenvalue weighted by atomic mass is 35.5. The number of ether oxygens (including phenoxy) is 1. The molecule has 0 bridgehead atoms. The van der Waals surface area contributed by atoms with Gasteiger partial charge in [-0.3, -0.25) is 19.5 Å². The van der Waals surface area contributed by atoms with E-state index in [1.807, 2.05) is 35.9 Å². The van der Waals surface area contributed by atoms with Gasteiger partial charge >= 0.3 is 12.0 Å². The maximum absolute atomic E-state index is 13.5. The van der Waals surface area contributed by atoms with Crippen LogP contribution >= 0.6 is 11.6 Å². The van der Waals surface area contributed by atoms with E-state index < -0.39 is 12.1 Å². The van der Waals surface area contributed by atoms with Crippen molar-refractivity contribution >= 4 is 35.3 Å². The van der Waals surface area contributed by atoms with Gasteiger partial charge < -0.3 is 4.74 Å². The number of aromatic nitrogens is 2. The molecule has 1 atom stereocenters. The summed E-state index contributed by atoms with van der Waals surface area (Å²) in [4.78, 5) is 36.4. The summed E-state index contributed by atoms with van der Waals surface area (Å²) in [6.45, 7) is 7.44. The molecule has 1 aromatic heterocycles. The molecule has 10 heteroatoms. The molecule has 5 rings (SSSR count). The van der Waals surface area contributed by atoms with Gasteiger partial charge in [0.1, 0.15) is 11.9 Å². The van der Waals surface area contributed by atoms with Crippen molar-refractivity contribution in [1.82, 2.24) is 19.3 Å². The molecule has 33 heavy (non-hydrogen) atoms. The van der Waals surface area contributed by atoms with Crippen LogP contribution in [0.5, 0.6) is 0 Å². The predicted octanol–water partition coefficient (Wildman–Crippen LogP) is 2.14. The number of nitrogens with zero attached hydrogens (tertiary/aromatic N) is 6. The van der Waals surface area contributed by atoms with Gasteiger partial charge in [0.05, 0.1) is 26.3 Å². The van der Waals surface area contributed by atoms with Crippen molar-refractivity contribution in [3.8, 4) is 0 Å². The number of hydrogen-bond donors (Lipinski definition) is 0. The second-order valence-electron chi connectivity index (χ2n) is 8.67. The molecule has 1 unspecified atom stereocenters. The zero-order valence-electron chi connectivity index (χ0n) is 18.9. The third-order valence-electron chi connectivity index (χ3n) is 6.57. The summed E-state index contributed by atoms with van der Waals surface area (Å²) in [5, 5.41) is 0.530. The molecular weight excluding hydrogens is 444 g/mol. The minimum Gasteiger partial charge on any atom is -0.379 e. The van der Waals surface area contributed by atoms with Crippen LogP contribution in [-0.2, 0) is 22.6 Å². The summed E-state index contributed by atoms with van der Waals surface area (Å²) in [5.41, 5.74) is 1.77. The number of benzene rings is 1. The number of hydrogen-bond acceptors (Lipinski definition) is 5. The number of amides is 3. The van der Waals surface area contributed by atoms with Crippen LogP contribution in [0, 0.1) is 6.92 Å². The zero-order chi connectivity index (χ0) is 23.1. The second kappa shape index (κ2) is 8.89. The second-order valence-corrected chi connectivity index (χ2v) is 9.07. The summed E-state index contributed by atoms with van der Waals surface area (Å²) in [7, 11) is 1.67. The smallest absolute Gasteiger partial charge is 0.379 e. The Morgan fingerprint density at radius 3 is 2.70 bits per heavy atom. The van der Waals surface area contributed by atoms with Crippen LogP contribution in [0.25, 0.3) is 0 Å². The quantitative estimate of drug-likeness (QED) is 0.605. The third-order valence-corrected chi connectivity index (χ3v) is 6.94. The number of imide groups is 1. The van der Waals surface area contributed by atoms with Gasteiger partial charge in [0.15, 0.2) is 0 Å². The van der Waals surface area contributed by atoms with E-state index in [1.165, 1.54) is 9.80 Å². The SMILES string of the molecule is Cc1c[n+]2c(n1CCCN1CCOCC1)N=C1C2C(=O)N(Cc2ccccc2Cl)C(=O)N1C. The molecule has 0 spiro atoms. The largest absolute Gasteiger partial charge is 0.401 e. The van der Waals surface area contributed by atoms with Crippen molar-refractivity contribution in [3.05, 3.63) is 46.7 Å². The number of carbonyl (C=O) groups excluding carboxylic acids is 2. The molecule has 4 heterocycles. The molecule has 2 saturated heterocycles. The normalized spacial score (nSPS) is 20.8. The monoisotopic (exact) mass is 471 g/mol. The Bertz CT molecular complexity index is 1120. The van der Waals surface area contributed by atoms with Crippen molar-refractivity contribution < 1.29 is 18.9 Å². The molecule has 3 aliphatic rings. The first-order chi connectivity index (χ1) is 16.0. The zero-order valence-corrected chi connectivity index (χ0v) is 19.7. The molecule has 0 saturated carbocycles. The number of aliphatic imine (C=N–C) groups is 1. The number of fused-ring (bicyclic) bond motifs is 3. The van der Waals surface area contributed by atoms with Crippen molar-refractivity contribution in [2.45, 2.75) is 32.5 Å². The van der Waals surface area contributed by atoms with Gasteiger partial charge in [-0.05, 0) is 25.0 Å². The van der Waals surface area contributed by atoms with Crippen LogP contribution in [0.4, 0.5) is 10.7 Å². The van der Waals surface area contributed by atoms with E-state index in [0.717, 1.165) is 57.1 Å². The summed E-state index contributed by atoms with van der Waals surface area (Å²) in [6.07, 6.45) is 2.93. The van der Waals surface area contributed by atoms with Crippen molar-refractivity contribution in [2.24, 2.45) is 4.99 Å². The van der Waals surface area contributed by atoms with Crippen LogP contribution in [0.15, 0.2) is 35.5 Å². The average Bonchev–Trinajstić information content (AvgIpc) is 3.32. The first-order valence-corrected chi connectivity index (χ1v) is 11.7. The molecule has 2 fully saturated rings. The highest BCUT2D eigenvalue weighted by Crippen LogP contribution is 2.30. The maximum Gasteiger partial charge on any atom is 0.401 e. The fourth-order valence-corrected chi connectivity index (χ4v) is 4.92. The van der Waals surface area contributed by atoms with E-state index in [4.69, 9.17) is 21.3 Å². The lowest BCUT2D eigenvalue weighted by atomic mass is 10.1. The third kappa shape index (κ3) is 3.94. The first-order valence-electron chi connectivity index (χ1n) is 11.3. The van der Waals surface area contributed by atoms with E-state index >= 15 is 0 Å². The highest BCUT2D eigenvalue weighted by Gasteiger charge is 2.53. The van der Waals surface area contributed by atoms with Crippen molar-refractivity contribution in [2.75, 3.05) is 39.9 Å². The van der Waals surface area contributed by atoms with Crippen molar-refractivity contribution in [3.63, 3.8) is 0 Å². The minimum atomic E-state index is -0.649. The van der Waals surface area contributed by atoms with Gasteiger partial charge in [-0.15, -0.1) is 0 Å². The number of halogens is 1. The van der Waals surface area contributed by atoms with E-state index in [0.29, 0.717) is 16.8 Å². The van der Waals surface area contributed by atoms with E-state index in [2.05, 4.69) is 9.47 Å². The number of amidine groups is 1. The van der Waals surface area contributed by atoms with Crippen molar-refractivity contribution in [1.29, 1.82) is 0 Å². The molecule has 9 nitrogen and oxygen atoms in total. The fourth-order valence-electron chi connectivity index (χ4n) is 4.73. The summed E-state index contributed by atoms with van der Waals surface area (Å²) in [6, 6.07) is 6.22. The maximum atomic E-state index is 13.5.